The zero-order valence-electron chi connectivity index (χ0n) is 22.2. The Hall–Kier alpha value is -3.03. The number of hydrogen-bond donors (Lipinski definition) is 0. The number of nitrogens with zero attached hydrogens (tertiary/aromatic N) is 4. The van der Waals surface area contributed by atoms with Gasteiger partial charge in [-0.25, -0.2) is 10.2 Å². The summed E-state index contributed by atoms with van der Waals surface area (Å²) in [4.78, 5) is 7.33. The van der Waals surface area contributed by atoms with E-state index >= 15 is 0 Å². The summed E-state index contributed by atoms with van der Waals surface area (Å²) in [5.41, 5.74) is 3.02. The molecule has 4 heterocycles. The molecular formula is C29H29B2ClN4O2. The number of pyridine rings is 1. The van der Waals surface area contributed by atoms with Gasteiger partial charge in [-0.3, -0.25) is 0 Å². The van der Waals surface area contributed by atoms with E-state index in [1.54, 1.807) is 0 Å². The molecule has 6 nitrogen and oxygen atoms in total. The summed E-state index contributed by atoms with van der Waals surface area (Å²) in [5, 5.41) is 21.2. The van der Waals surface area contributed by atoms with Gasteiger partial charge < -0.3 is 14.2 Å². The van der Waals surface area contributed by atoms with Gasteiger partial charge in [-0.05, 0) is 57.1 Å². The fourth-order valence-electron chi connectivity index (χ4n) is 6.20. The van der Waals surface area contributed by atoms with E-state index in [1.165, 1.54) is 0 Å². The van der Waals surface area contributed by atoms with Crippen LogP contribution in [0, 0.1) is 28.0 Å². The average molecular weight is 523 g/mol. The van der Waals surface area contributed by atoms with Gasteiger partial charge in [0.2, 0.25) is 0 Å². The van der Waals surface area contributed by atoms with E-state index in [0.717, 1.165) is 59.6 Å². The molecule has 3 aliphatic rings. The van der Waals surface area contributed by atoms with Crippen molar-refractivity contribution in [1.29, 1.82) is 10.5 Å². The van der Waals surface area contributed by atoms with E-state index in [4.69, 9.17) is 25.9 Å². The molecule has 3 saturated heterocycles. The number of nitriles is 2. The molecule has 2 aromatic carbocycles. The summed E-state index contributed by atoms with van der Waals surface area (Å²) in [7, 11) is -0.512. The maximum Gasteiger partial charge on any atom is 0.494 e. The number of halogens is 1. The Labute approximate surface area is 229 Å². The lowest BCUT2D eigenvalue weighted by molar-refractivity contribution is 0.00578. The first-order valence-corrected chi connectivity index (χ1v) is 13.6. The molecule has 38 heavy (non-hydrogen) atoms. The van der Waals surface area contributed by atoms with Crippen molar-refractivity contribution in [3.05, 3.63) is 53.1 Å². The molecule has 0 aliphatic carbocycles. The zero-order chi connectivity index (χ0) is 26.9. The summed E-state index contributed by atoms with van der Waals surface area (Å²) in [6.07, 6.45) is 2.84. The van der Waals surface area contributed by atoms with E-state index in [0.29, 0.717) is 16.4 Å². The first-order chi connectivity index (χ1) is 18.1. The van der Waals surface area contributed by atoms with Gasteiger partial charge >= 0.3 is 7.12 Å². The van der Waals surface area contributed by atoms with Crippen LogP contribution in [0.2, 0.25) is 17.7 Å². The highest BCUT2D eigenvalue weighted by atomic mass is 35.5. The minimum atomic E-state index is -0.512. The molecule has 1 aromatic heterocycles. The van der Waals surface area contributed by atoms with Crippen molar-refractivity contribution in [2.75, 3.05) is 18.0 Å². The molecular weight excluding hydrogens is 493 g/mol. The fourth-order valence-corrected chi connectivity index (χ4v) is 6.43. The van der Waals surface area contributed by atoms with Crippen LogP contribution in [0.15, 0.2) is 42.5 Å². The average Bonchev–Trinajstić information content (AvgIpc) is 3.40. The first kappa shape index (κ1) is 25.3. The number of anilines is 1. The Bertz CT molecular complexity index is 1520. The highest BCUT2D eigenvalue weighted by molar-refractivity contribution is 6.70. The first-order valence-electron chi connectivity index (χ1n) is 13.2. The van der Waals surface area contributed by atoms with Crippen molar-refractivity contribution < 1.29 is 9.31 Å². The lowest BCUT2D eigenvalue weighted by atomic mass is 9.27. The molecule has 0 bridgehead atoms. The monoisotopic (exact) mass is 522 g/mol. The van der Waals surface area contributed by atoms with E-state index in [1.807, 2.05) is 70.2 Å². The molecule has 3 aliphatic heterocycles. The zero-order valence-corrected chi connectivity index (χ0v) is 23.0. The molecule has 3 fully saturated rings. The molecule has 0 atom stereocenters. The Morgan fingerprint density at radius 2 is 1.74 bits per heavy atom. The van der Waals surface area contributed by atoms with Gasteiger partial charge in [-0.2, -0.15) is 5.26 Å². The third-order valence-electron chi connectivity index (χ3n) is 9.05. The fraction of sp³-hybridized carbons (Fsp3) is 0.414. The number of hydrogen-bond acceptors (Lipinski definition) is 6. The molecule has 3 aromatic rings. The molecule has 0 unspecified atom stereocenters. The van der Waals surface area contributed by atoms with Gasteiger partial charge in [-0.1, -0.05) is 54.6 Å². The standard InChI is InChI=1S/C29H29B2ClN4O2/c1-27(2)28(3,4)38-31(37-27)19-9-10-21-24(13-19)35-26(36-12-11-29(17-36)15-30(16-29)18-34)22(14-33)25(21)20-7-5-6-8-23(20)32/h5-10,13H,11-12,15-17H2,1-4H3. The topological polar surface area (TPSA) is 82.2 Å². The maximum atomic E-state index is 10.5. The Balaban J connectivity index is 1.50. The van der Waals surface area contributed by atoms with Crippen LogP contribution in [-0.4, -0.2) is 43.1 Å². The summed E-state index contributed by atoms with van der Waals surface area (Å²) in [6.45, 7) is 9.91. The van der Waals surface area contributed by atoms with E-state index in [2.05, 4.69) is 16.9 Å². The Morgan fingerprint density at radius 1 is 1.03 bits per heavy atom. The van der Waals surface area contributed by atoms with Crippen molar-refractivity contribution in [2.45, 2.75) is 58.0 Å². The number of rotatable bonds is 3. The van der Waals surface area contributed by atoms with E-state index in [9.17, 15) is 10.5 Å². The molecule has 1 spiro atoms. The molecule has 0 saturated carbocycles. The molecule has 0 amide bonds. The molecule has 190 valence electrons. The van der Waals surface area contributed by atoms with Crippen LogP contribution in [0.4, 0.5) is 5.82 Å². The van der Waals surface area contributed by atoms with Gasteiger partial charge in [0.1, 0.15) is 17.5 Å². The van der Waals surface area contributed by atoms with Gasteiger partial charge in [0.25, 0.3) is 6.71 Å². The summed E-state index contributed by atoms with van der Waals surface area (Å²) >= 11 is 6.69. The SMILES string of the molecule is CC1(C)OB(c2ccc3c(-c4ccccc4Cl)c(C#N)c(N4CCC5(CB(C#N)C5)C4)nc3c2)OC1(C)C. The molecule has 0 radical (unpaired) electrons. The van der Waals surface area contributed by atoms with Crippen LogP contribution in [0.3, 0.4) is 0 Å². The van der Waals surface area contributed by atoms with Crippen molar-refractivity contribution in [3.8, 4) is 23.2 Å². The van der Waals surface area contributed by atoms with Gasteiger partial charge in [0, 0.05) is 40.6 Å². The van der Waals surface area contributed by atoms with Crippen LogP contribution in [-0.2, 0) is 9.31 Å². The highest BCUT2D eigenvalue weighted by Gasteiger charge is 2.52. The largest absolute Gasteiger partial charge is 0.494 e. The van der Waals surface area contributed by atoms with Crippen molar-refractivity contribution in [1.82, 2.24) is 4.98 Å². The maximum absolute atomic E-state index is 10.5. The Kier molecular flexibility index (Phi) is 5.81. The van der Waals surface area contributed by atoms with Crippen LogP contribution in [0.5, 0.6) is 0 Å². The highest BCUT2D eigenvalue weighted by Crippen LogP contribution is 2.51. The van der Waals surface area contributed by atoms with Crippen molar-refractivity contribution >= 4 is 47.6 Å². The minimum Gasteiger partial charge on any atom is -0.399 e. The quantitative estimate of drug-likeness (QED) is 0.423. The second kappa shape index (κ2) is 8.75. The van der Waals surface area contributed by atoms with E-state index in [-0.39, 0.29) is 12.1 Å². The Morgan fingerprint density at radius 3 is 2.39 bits per heavy atom. The smallest absolute Gasteiger partial charge is 0.399 e. The second-order valence-corrected chi connectivity index (χ2v) is 12.5. The minimum absolute atomic E-state index is 0.135. The van der Waals surface area contributed by atoms with Crippen LogP contribution in [0.1, 0.15) is 39.7 Å². The lowest BCUT2D eigenvalue weighted by Gasteiger charge is -2.40. The van der Waals surface area contributed by atoms with Crippen molar-refractivity contribution in [2.24, 2.45) is 5.41 Å². The number of fused-ring (bicyclic) bond motifs is 1. The second-order valence-electron chi connectivity index (χ2n) is 12.0. The molecule has 9 heteroatoms. The van der Waals surface area contributed by atoms with Crippen LogP contribution < -0.4 is 10.4 Å². The van der Waals surface area contributed by atoms with Crippen LogP contribution in [0.25, 0.3) is 22.0 Å². The van der Waals surface area contributed by atoms with Crippen molar-refractivity contribution in [3.63, 3.8) is 0 Å². The van der Waals surface area contributed by atoms with Gasteiger partial charge in [-0.15, -0.1) is 0 Å². The third kappa shape index (κ3) is 3.90. The predicted octanol–water partition coefficient (Wildman–Crippen LogP) is 5.49. The molecule has 6 rings (SSSR count). The normalized spacial score (nSPS) is 21.0. The lowest BCUT2D eigenvalue weighted by Crippen LogP contribution is -2.43. The van der Waals surface area contributed by atoms with Gasteiger partial charge in [0.05, 0.1) is 16.7 Å². The summed E-state index contributed by atoms with van der Waals surface area (Å²) in [5.74, 6) is 3.09. The van der Waals surface area contributed by atoms with E-state index < -0.39 is 18.3 Å². The predicted molar refractivity (Wildman–Crippen MR) is 153 cm³/mol. The number of benzene rings is 2. The summed E-state index contributed by atoms with van der Waals surface area (Å²) in [6, 6.07) is 16.1. The van der Waals surface area contributed by atoms with Crippen LogP contribution >= 0.6 is 11.6 Å². The summed E-state index contributed by atoms with van der Waals surface area (Å²) < 4.78 is 12.6. The molecule has 0 N–H and O–H groups in total. The third-order valence-corrected chi connectivity index (χ3v) is 9.38. The number of aromatic nitrogens is 1. The van der Waals surface area contributed by atoms with Gasteiger partial charge in [0.15, 0.2) is 0 Å².